The van der Waals surface area contributed by atoms with Crippen LogP contribution in [0.15, 0.2) is 40.9 Å². The second-order valence-electron chi connectivity index (χ2n) is 4.44. The third kappa shape index (κ3) is 4.32. The number of nitrogens with one attached hydrogen (secondary N) is 1. The minimum absolute atomic E-state index is 0.330. The zero-order chi connectivity index (χ0) is 13.7. The van der Waals surface area contributed by atoms with Crippen LogP contribution in [0.5, 0.6) is 0 Å². The van der Waals surface area contributed by atoms with Crippen LogP contribution in [0, 0.1) is 0 Å². The van der Waals surface area contributed by atoms with Gasteiger partial charge in [-0.05, 0) is 43.1 Å². The molecule has 19 heavy (non-hydrogen) atoms. The average Bonchev–Trinajstić information content (AvgIpc) is 2.83. The van der Waals surface area contributed by atoms with Gasteiger partial charge < -0.3 is 5.32 Å². The maximum absolute atomic E-state index is 6.05. The second-order valence-corrected chi connectivity index (χ2v) is 7.05. The minimum Gasteiger partial charge on any atom is -0.309 e. The largest absolute Gasteiger partial charge is 0.309 e. The van der Waals surface area contributed by atoms with Crippen molar-refractivity contribution in [2.45, 2.75) is 25.8 Å². The minimum atomic E-state index is 0.330. The first-order valence-electron chi connectivity index (χ1n) is 6.42. The van der Waals surface area contributed by atoms with E-state index in [-0.39, 0.29) is 0 Å². The quantitative estimate of drug-likeness (QED) is 0.724. The van der Waals surface area contributed by atoms with Crippen molar-refractivity contribution in [1.29, 1.82) is 0 Å². The van der Waals surface area contributed by atoms with Gasteiger partial charge in [-0.1, -0.05) is 52.7 Å². The fraction of sp³-hybridized carbons (Fsp3) is 0.333. The second kappa shape index (κ2) is 7.44. The van der Waals surface area contributed by atoms with Gasteiger partial charge in [-0.15, -0.1) is 11.3 Å². The molecule has 1 nitrogen and oxygen atoms in total. The predicted molar refractivity (Wildman–Crippen MR) is 88.2 cm³/mol. The van der Waals surface area contributed by atoms with Crippen LogP contribution in [-0.2, 0) is 6.42 Å². The molecule has 0 aliphatic heterocycles. The third-order valence-corrected chi connectivity index (χ3v) is 5.08. The topological polar surface area (TPSA) is 12.0 Å². The van der Waals surface area contributed by atoms with E-state index in [1.807, 2.05) is 12.1 Å². The molecule has 0 saturated carbocycles. The summed E-state index contributed by atoms with van der Waals surface area (Å²) in [4.78, 5) is 1.30. The van der Waals surface area contributed by atoms with Crippen molar-refractivity contribution in [2.24, 2.45) is 0 Å². The monoisotopic (exact) mass is 357 g/mol. The standard InChI is InChI=1S/C15H17BrClNS/c1-2-9-18-13(14-7-8-15(17)19-14)10-11-5-3-4-6-12(11)16/h3-8,13,18H,2,9-10H2,1H3. The maximum Gasteiger partial charge on any atom is 0.0931 e. The van der Waals surface area contributed by atoms with E-state index in [2.05, 4.69) is 52.4 Å². The molecule has 0 amide bonds. The fourth-order valence-electron chi connectivity index (χ4n) is 1.99. The van der Waals surface area contributed by atoms with Gasteiger partial charge in [0.2, 0.25) is 0 Å². The molecule has 1 atom stereocenters. The Morgan fingerprint density at radius 2 is 2.05 bits per heavy atom. The lowest BCUT2D eigenvalue weighted by Crippen LogP contribution is -2.23. The smallest absolute Gasteiger partial charge is 0.0931 e. The van der Waals surface area contributed by atoms with Crippen molar-refractivity contribution in [1.82, 2.24) is 5.32 Å². The summed E-state index contributed by atoms with van der Waals surface area (Å²) in [5.41, 5.74) is 1.32. The Kier molecular flexibility index (Phi) is 5.89. The van der Waals surface area contributed by atoms with Crippen LogP contribution < -0.4 is 5.32 Å². The van der Waals surface area contributed by atoms with E-state index in [0.29, 0.717) is 6.04 Å². The summed E-state index contributed by atoms with van der Waals surface area (Å²) in [7, 11) is 0. The molecule has 2 aromatic rings. The molecule has 1 unspecified atom stereocenters. The molecule has 0 fully saturated rings. The van der Waals surface area contributed by atoms with Crippen molar-refractivity contribution in [3.05, 3.63) is 55.6 Å². The van der Waals surface area contributed by atoms with Crippen LogP contribution >= 0.6 is 38.9 Å². The molecule has 102 valence electrons. The van der Waals surface area contributed by atoms with Crippen LogP contribution in [-0.4, -0.2) is 6.54 Å². The van der Waals surface area contributed by atoms with E-state index in [4.69, 9.17) is 11.6 Å². The van der Waals surface area contributed by atoms with E-state index in [9.17, 15) is 0 Å². The van der Waals surface area contributed by atoms with Gasteiger partial charge in [0.05, 0.1) is 4.34 Å². The van der Waals surface area contributed by atoms with E-state index in [0.717, 1.165) is 23.7 Å². The number of halogens is 2. The zero-order valence-electron chi connectivity index (χ0n) is 10.8. The lowest BCUT2D eigenvalue weighted by molar-refractivity contribution is 0.536. The normalized spacial score (nSPS) is 12.6. The predicted octanol–water partition coefficient (Wildman–Crippen LogP) is 5.45. The molecule has 1 N–H and O–H groups in total. The first-order valence-corrected chi connectivity index (χ1v) is 8.41. The van der Waals surface area contributed by atoms with Crippen LogP contribution in [0.4, 0.5) is 0 Å². The summed E-state index contributed by atoms with van der Waals surface area (Å²) >= 11 is 11.3. The number of thiophene rings is 1. The Morgan fingerprint density at radius 1 is 1.26 bits per heavy atom. The highest BCUT2D eigenvalue weighted by Crippen LogP contribution is 2.30. The Hall–Kier alpha value is -0.350. The molecule has 1 aromatic carbocycles. The van der Waals surface area contributed by atoms with Gasteiger partial charge in [-0.2, -0.15) is 0 Å². The van der Waals surface area contributed by atoms with Crippen LogP contribution in [0.2, 0.25) is 4.34 Å². The molecule has 4 heteroatoms. The number of hydrogen-bond acceptors (Lipinski definition) is 2. The molecule has 0 spiro atoms. The number of hydrogen-bond donors (Lipinski definition) is 1. The average molecular weight is 359 g/mol. The molecule has 0 aliphatic carbocycles. The van der Waals surface area contributed by atoms with Gasteiger partial charge in [-0.3, -0.25) is 0 Å². The molecule has 0 radical (unpaired) electrons. The Balaban J connectivity index is 2.16. The van der Waals surface area contributed by atoms with Crippen molar-refractivity contribution in [3.63, 3.8) is 0 Å². The summed E-state index contributed by atoms with van der Waals surface area (Å²) in [5.74, 6) is 0. The highest BCUT2D eigenvalue weighted by Gasteiger charge is 2.15. The van der Waals surface area contributed by atoms with E-state index >= 15 is 0 Å². The highest BCUT2D eigenvalue weighted by molar-refractivity contribution is 9.10. The summed E-state index contributed by atoms with van der Waals surface area (Å²) in [6.07, 6.45) is 2.10. The molecular weight excluding hydrogens is 342 g/mol. The molecule has 1 aromatic heterocycles. The third-order valence-electron chi connectivity index (χ3n) is 2.96. The van der Waals surface area contributed by atoms with E-state index in [1.165, 1.54) is 14.9 Å². The molecule has 0 saturated heterocycles. The van der Waals surface area contributed by atoms with Gasteiger partial charge >= 0.3 is 0 Å². The van der Waals surface area contributed by atoms with E-state index < -0.39 is 0 Å². The Bertz CT molecular complexity index is 526. The van der Waals surface area contributed by atoms with Gasteiger partial charge in [-0.25, -0.2) is 0 Å². The maximum atomic E-state index is 6.05. The summed E-state index contributed by atoms with van der Waals surface area (Å²) in [6.45, 7) is 3.20. The highest BCUT2D eigenvalue weighted by atomic mass is 79.9. The van der Waals surface area contributed by atoms with Crippen LogP contribution in [0.25, 0.3) is 0 Å². The number of rotatable bonds is 6. The van der Waals surface area contributed by atoms with Gasteiger partial charge in [0, 0.05) is 15.4 Å². The van der Waals surface area contributed by atoms with Gasteiger partial charge in [0.15, 0.2) is 0 Å². The van der Waals surface area contributed by atoms with Crippen LogP contribution in [0.1, 0.15) is 29.8 Å². The Labute approximate surface area is 132 Å². The SMILES string of the molecule is CCCNC(Cc1ccccc1Br)c1ccc(Cl)s1. The molecule has 0 aliphatic rings. The molecular formula is C15H17BrClNS. The zero-order valence-corrected chi connectivity index (χ0v) is 14.0. The summed E-state index contributed by atoms with van der Waals surface area (Å²) < 4.78 is 2.02. The van der Waals surface area contributed by atoms with Crippen LogP contribution in [0.3, 0.4) is 0 Å². The van der Waals surface area contributed by atoms with Crippen molar-refractivity contribution < 1.29 is 0 Å². The first kappa shape index (κ1) is 15.0. The lowest BCUT2D eigenvalue weighted by Gasteiger charge is -2.18. The molecule has 1 heterocycles. The molecule has 0 bridgehead atoms. The summed E-state index contributed by atoms with van der Waals surface area (Å²) in [5, 5.41) is 3.61. The summed E-state index contributed by atoms with van der Waals surface area (Å²) in [6, 6.07) is 12.8. The Morgan fingerprint density at radius 3 is 2.68 bits per heavy atom. The van der Waals surface area contributed by atoms with Gasteiger partial charge in [0.1, 0.15) is 0 Å². The van der Waals surface area contributed by atoms with Gasteiger partial charge in [0.25, 0.3) is 0 Å². The van der Waals surface area contributed by atoms with Crippen molar-refractivity contribution in [3.8, 4) is 0 Å². The lowest BCUT2D eigenvalue weighted by atomic mass is 10.0. The first-order chi connectivity index (χ1) is 9.20. The van der Waals surface area contributed by atoms with Crippen molar-refractivity contribution >= 4 is 38.9 Å². The van der Waals surface area contributed by atoms with Crippen molar-refractivity contribution in [2.75, 3.05) is 6.54 Å². The van der Waals surface area contributed by atoms with E-state index in [1.54, 1.807) is 11.3 Å². The number of benzene rings is 1. The fourth-order valence-corrected chi connectivity index (χ4v) is 3.57. The molecule has 2 rings (SSSR count).